The maximum absolute atomic E-state index is 14.3. The summed E-state index contributed by atoms with van der Waals surface area (Å²) in [6.45, 7) is 0. The molecule has 0 spiro atoms. The van der Waals surface area contributed by atoms with Crippen LogP contribution < -0.4 is 15.4 Å². The molecule has 1 saturated carbocycles. The molecule has 2 heterocycles. The smallest absolute Gasteiger partial charge is 0.406 e. The third-order valence-corrected chi connectivity index (χ3v) is 6.45. The average molecular weight is 527 g/mol. The van der Waals surface area contributed by atoms with Crippen LogP contribution in [0.4, 0.5) is 27.8 Å². The van der Waals surface area contributed by atoms with E-state index in [0.29, 0.717) is 11.0 Å². The lowest BCUT2D eigenvalue weighted by Crippen LogP contribution is -2.25. The summed E-state index contributed by atoms with van der Waals surface area (Å²) in [4.78, 5) is 12.7. The van der Waals surface area contributed by atoms with Crippen LogP contribution in [-0.2, 0) is 9.53 Å². The second-order valence-corrected chi connectivity index (χ2v) is 9.07. The van der Waals surface area contributed by atoms with Crippen molar-refractivity contribution in [2.45, 2.75) is 50.1 Å². The fraction of sp³-hybridized carbons (Fsp3) is 0.409. The minimum atomic E-state index is -4.97. The van der Waals surface area contributed by atoms with Gasteiger partial charge >= 0.3 is 6.36 Å². The molecule has 14 heteroatoms. The van der Waals surface area contributed by atoms with Gasteiger partial charge in [-0.2, -0.15) is 10.2 Å². The van der Waals surface area contributed by atoms with E-state index in [9.17, 15) is 22.4 Å². The summed E-state index contributed by atoms with van der Waals surface area (Å²) in [5.41, 5.74) is 0.566. The molecule has 0 saturated heterocycles. The number of halogens is 4. The lowest BCUT2D eigenvalue weighted by Gasteiger charge is -2.28. The second kappa shape index (κ2) is 11.1. The fourth-order valence-electron chi connectivity index (χ4n) is 4.04. The number of carbonyl (C=O) groups is 1. The number of aromatic nitrogens is 4. The van der Waals surface area contributed by atoms with E-state index in [1.165, 1.54) is 0 Å². The van der Waals surface area contributed by atoms with Crippen molar-refractivity contribution < 1.29 is 31.8 Å². The number of methoxy groups -OCH3 is 1. The Morgan fingerprint density at radius 1 is 1.11 bits per heavy atom. The second-order valence-electron chi connectivity index (χ2n) is 8.09. The van der Waals surface area contributed by atoms with Crippen LogP contribution in [0.5, 0.6) is 5.75 Å². The van der Waals surface area contributed by atoms with Gasteiger partial charge in [-0.25, -0.2) is 4.39 Å². The third kappa shape index (κ3) is 6.63. The number of carbonyl (C=O) groups excluding carboxylic acids is 1. The molecule has 1 aromatic carbocycles. The minimum absolute atomic E-state index is 0.126. The Balaban J connectivity index is 1.35. The molecule has 1 atom stereocenters. The summed E-state index contributed by atoms with van der Waals surface area (Å²) in [6.07, 6.45) is -1.20. The van der Waals surface area contributed by atoms with Crippen LogP contribution >= 0.6 is 11.3 Å². The van der Waals surface area contributed by atoms with Gasteiger partial charge in [-0.3, -0.25) is 10.1 Å². The molecular formula is C22H22F4N6O3S. The van der Waals surface area contributed by atoms with Crippen molar-refractivity contribution >= 4 is 27.5 Å². The zero-order valence-corrected chi connectivity index (χ0v) is 19.8. The van der Waals surface area contributed by atoms with Crippen LogP contribution in [0.25, 0.3) is 0 Å². The summed E-state index contributed by atoms with van der Waals surface area (Å²) in [7, 11) is 1.13. The van der Waals surface area contributed by atoms with Gasteiger partial charge in [-0.1, -0.05) is 11.3 Å². The van der Waals surface area contributed by atoms with Crippen molar-refractivity contribution in [3.63, 3.8) is 0 Å². The Morgan fingerprint density at radius 3 is 2.53 bits per heavy atom. The Morgan fingerprint density at radius 2 is 1.86 bits per heavy atom. The number of amides is 1. The van der Waals surface area contributed by atoms with Gasteiger partial charge in [0.25, 0.3) is 5.91 Å². The highest BCUT2D eigenvalue weighted by Gasteiger charge is 2.32. The van der Waals surface area contributed by atoms with Gasteiger partial charge < -0.3 is 14.8 Å². The molecule has 0 radical (unpaired) electrons. The van der Waals surface area contributed by atoms with Gasteiger partial charge in [0.05, 0.1) is 5.69 Å². The van der Waals surface area contributed by atoms with Gasteiger partial charge in [0.1, 0.15) is 11.6 Å². The van der Waals surface area contributed by atoms with Crippen molar-refractivity contribution in [2.24, 2.45) is 0 Å². The summed E-state index contributed by atoms with van der Waals surface area (Å²) in [5, 5.41) is 22.5. The molecule has 1 aliphatic rings. The first kappa shape index (κ1) is 25.7. The molecular weight excluding hydrogens is 504 g/mol. The number of hydrogen-bond donors (Lipinski definition) is 2. The lowest BCUT2D eigenvalue weighted by molar-refractivity contribution is -0.274. The van der Waals surface area contributed by atoms with Crippen LogP contribution in [0, 0.1) is 5.82 Å². The highest BCUT2D eigenvalue weighted by Crippen LogP contribution is 2.34. The summed E-state index contributed by atoms with van der Waals surface area (Å²) < 4.78 is 60.7. The zero-order valence-electron chi connectivity index (χ0n) is 19.0. The molecule has 3 aromatic rings. The number of rotatable bonds is 8. The first-order valence-electron chi connectivity index (χ1n) is 11.0. The number of anilines is 2. The van der Waals surface area contributed by atoms with Gasteiger partial charge in [-0.15, -0.1) is 23.4 Å². The Hall–Kier alpha value is -3.39. The largest absolute Gasteiger partial charge is 0.573 e. The number of hydrogen-bond acceptors (Lipinski definition) is 9. The van der Waals surface area contributed by atoms with Crippen LogP contribution in [0.3, 0.4) is 0 Å². The molecule has 2 N–H and O–H groups in total. The lowest BCUT2D eigenvalue weighted by atomic mass is 9.84. The van der Waals surface area contributed by atoms with E-state index in [2.05, 4.69) is 35.8 Å². The van der Waals surface area contributed by atoms with Crippen molar-refractivity contribution in [1.82, 2.24) is 20.4 Å². The van der Waals surface area contributed by atoms with E-state index in [-0.39, 0.29) is 11.2 Å². The SMILES string of the molecule is CO[C@@H](C(=O)Nc1nnc(NC2CCC(c3cccnn3)CC2)s1)c1cc(OC(F)(F)F)ccc1F. The van der Waals surface area contributed by atoms with E-state index in [4.69, 9.17) is 4.74 Å². The van der Waals surface area contributed by atoms with E-state index < -0.39 is 35.5 Å². The highest BCUT2D eigenvalue weighted by molar-refractivity contribution is 7.19. The van der Waals surface area contributed by atoms with Crippen LogP contribution in [0.2, 0.25) is 0 Å². The number of alkyl halides is 3. The number of ether oxygens (including phenoxy) is 2. The highest BCUT2D eigenvalue weighted by atomic mass is 32.1. The van der Waals surface area contributed by atoms with Gasteiger partial charge in [-0.05, 0) is 56.0 Å². The predicted molar refractivity (Wildman–Crippen MR) is 122 cm³/mol. The van der Waals surface area contributed by atoms with Crippen molar-refractivity contribution in [1.29, 1.82) is 0 Å². The quantitative estimate of drug-likeness (QED) is 0.402. The van der Waals surface area contributed by atoms with E-state index in [0.717, 1.165) is 68.0 Å². The molecule has 2 aromatic heterocycles. The molecule has 0 unspecified atom stereocenters. The molecule has 36 heavy (non-hydrogen) atoms. The van der Waals surface area contributed by atoms with Gasteiger partial charge in [0.15, 0.2) is 6.10 Å². The molecule has 0 aliphatic heterocycles. The molecule has 1 fully saturated rings. The third-order valence-electron chi connectivity index (χ3n) is 5.68. The maximum Gasteiger partial charge on any atom is 0.573 e. The van der Waals surface area contributed by atoms with Crippen LogP contribution in [0.1, 0.15) is 49.0 Å². The minimum Gasteiger partial charge on any atom is -0.406 e. The van der Waals surface area contributed by atoms with Crippen molar-refractivity contribution in [2.75, 3.05) is 17.7 Å². The van der Waals surface area contributed by atoms with Crippen LogP contribution in [-0.4, -0.2) is 45.8 Å². The first-order valence-corrected chi connectivity index (χ1v) is 11.8. The average Bonchev–Trinajstić information content (AvgIpc) is 3.28. The summed E-state index contributed by atoms with van der Waals surface area (Å²) in [5.74, 6) is -2.08. The standard InChI is InChI=1S/C22H22F4N6O3S/c1-34-18(15-11-14(8-9-16(15)23)35-22(24,25)26)19(33)29-21-32-31-20(36-21)28-13-6-4-12(5-7-13)17-3-2-10-27-30-17/h2-3,8-13,18H,4-7H2,1H3,(H,28,31)(H,29,32,33)/t12?,13?,18-/m1/s1. The van der Waals surface area contributed by atoms with Crippen LogP contribution in [0.15, 0.2) is 36.5 Å². The fourth-order valence-corrected chi connectivity index (χ4v) is 4.76. The van der Waals surface area contributed by atoms with Gasteiger partial charge in [0, 0.05) is 30.8 Å². The number of benzene rings is 1. The Kier molecular flexibility index (Phi) is 7.94. The predicted octanol–water partition coefficient (Wildman–Crippen LogP) is 4.83. The zero-order chi connectivity index (χ0) is 25.7. The number of nitrogens with one attached hydrogen (secondary N) is 2. The summed E-state index contributed by atoms with van der Waals surface area (Å²) in [6, 6.07) is 6.36. The monoisotopic (exact) mass is 526 g/mol. The maximum atomic E-state index is 14.3. The topological polar surface area (TPSA) is 111 Å². The van der Waals surface area contributed by atoms with E-state index in [1.807, 2.05) is 12.1 Å². The Labute approximate surface area is 207 Å². The van der Waals surface area contributed by atoms with Crippen molar-refractivity contribution in [3.8, 4) is 5.75 Å². The molecule has 1 aliphatic carbocycles. The molecule has 4 rings (SSSR count). The molecule has 192 valence electrons. The van der Waals surface area contributed by atoms with Gasteiger partial charge in [0.2, 0.25) is 10.3 Å². The molecule has 9 nitrogen and oxygen atoms in total. The van der Waals surface area contributed by atoms with E-state index >= 15 is 0 Å². The van der Waals surface area contributed by atoms with E-state index in [1.54, 1.807) is 6.20 Å². The molecule has 1 amide bonds. The normalized spacial score (nSPS) is 18.9. The Bertz CT molecular complexity index is 1170. The number of nitrogens with zero attached hydrogens (tertiary/aromatic N) is 4. The van der Waals surface area contributed by atoms with Crippen molar-refractivity contribution in [3.05, 3.63) is 53.6 Å². The first-order chi connectivity index (χ1) is 17.2. The summed E-state index contributed by atoms with van der Waals surface area (Å²) >= 11 is 1.08. The molecule has 0 bridgehead atoms.